The molecule has 1 aliphatic rings. The van der Waals surface area contributed by atoms with Crippen LogP contribution in [0.1, 0.15) is 24.5 Å². The second kappa shape index (κ2) is 6.93. The Kier molecular flexibility index (Phi) is 5.41. The number of rotatable bonds is 4. The van der Waals surface area contributed by atoms with Crippen LogP contribution in [0.15, 0.2) is 24.3 Å². The molecule has 2 N–H and O–H groups in total. The van der Waals surface area contributed by atoms with Gasteiger partial charge >= 0.3 is 6.18 Å². The summed E-state index contributed by atoms with van der Waals surface area (Å²) in [6, 6.07) is 5.57. The van der Waals surface area contributed by atoms with Crippen molar-refractivity contribution in [2.45, 2.75) is 31.2 Å². The number of likely N-dealkylation sites (tertiary alicyclic amines) is 1. The molecule has 0 amide bonds. The molecule has 0 bridgehead atoms. The van der Waals surface area contributed by atoms with E-state index in [0.717, 1.165) is 0 Å². The number of aliphatic hydroxyl groups excluding tert-OH is 2. The number of hydrogen-bond acceptors (Lipinski definition) is 3. The largest absolute Gasteiger partial charge is 0.415 e. The zero-order valence-electron chi connectivity index (χ0n) is 11.9. The third-order valence-electron chi connectivity index (χ3n) is 4.10. The Hall–Kier alpha value is -1.18. The minimum Gasteiger partial charge on any atom is -0.388 e. The van der Waals surface area contributed by atoms with Gasteiger partial charge in [-0.05, 0) is 49.5 Å². The first-order chi connectivity index (χ1) is 10.3. The molecule has 7 heteroatoms. The van der Waals surface area contributed by atoms with Crippen molar-refractivity contribution in [2.75, 3.05) is 19.6 Å². The molecule has 0 radical (unpaired) electrons. The van der Waals surface area contributed by atoms with Gasteiger partial charge in [-0.3, -0.25) is 0 Å². The van der Waals surface area contributed by atoms with Crippen LogP contribution in [0.25, 0.3) is 0 Å². The maximum atomic E-state index is 12.9. The van der Waals surface area contributed by atoms with Crippen molar-refractivity contribution in [3.63, 3.8) is 0 Å². The van der Waals surface area contributed by atoms with Gasteiger partial charge in [0.15, 0.2) is 6.10 Å². The summed E-state index contributed by atoms with van der Waals surface area (Å²) in [6.45, 7) is 0.328. The van der Waals surface area contributed by atoms with E-state index in [2.05, 4.69) is 0 Å². The molecule has 2 unspecified atom stereocenters. The van der Waals surface area contributed by atoms with Gasteiger partial charge in [0.1, 0.15) is 5.82 Å². The van der Waals surface area contributed by atoms with Gasteiger partial charge in [-0.2, -0.15) is 13.2 Å². The van der Waals surface area contributed by atoms with Crippen LogP contribution in [0, 0.1) is 11.7 Å². The first kappa shape index (κ1) is 17.2. The topological polar surface area (TPSA) is 43.7 Å². The van der Waals surface area contributed by atoms with Crippen LogP contribution in [0.3, 0.4) is 0 Å². The summed E-state index contributed by atoms with van der Waals surface area (Å²) < 4.78 is 49.8. The van der Waals surface area contributed by atoms with Gasteiger partial charge < -0.3 is 15.1 Å². The molecule has 1 heterocycles. The average molecular weight is 321 g/mol. The number of benzene rings is 1. The smallest absolute Gasteiger partial charge is 0.388 e. The Bertz CT molecular complexity index is 469. The number of nitrogens with zero attached hydrogens (tertiary/aromatic N) is 1. The van der Waals surface area contributed by atoms with E-state index in [9.17, 15) is 22.7 Å². The Morgan fingerprint density at radius 3 is 2.14 bits per heavy atom. The molecule has 1 saturated heterocycles. The number of alkyl halides is 3. The van der Waals surface area contributed by atoms with Crippen LogP contribution in [0.4, 0.5) is 17.6 Å². The van der Waals surface area contributed by atoms with Crippen LogP contribution >= 0.6 is 0 Å². The van der Waals surface area contributed by atoms with Gasteiger partial charge in [0.05, 0.1) is 6.10 Å². The van der Waals surface area contributed by atoms with E-state index in [-0.39, 0.29) is 11.7 Å². The lowest BCUT2D eigenvalue weighted by Gasteiger charge is -2.35. The fourth-order valence-corrected chi connectivity index (χ4v) is 2.73. The lowest BCUT2D eigenvalue weighted by atomic mass is 9.87. The molecule has 124 valence electrons. The Morgan fingerprint density at radius 2 is 1.64 bits per heavy atom. The lowest BCUT2D eigenvalue weighted by molar-refractivity contribution is -0.209. The van der Waals surface area contributed by atoms with E-state index in [0.29, 0.717) is 31.5 Å². The third-order valence-corrected chi connectivity index (χ3v) is 4.10. The van der Waals surface area contributed by atoms with Gasteiger partial charge in [0.2, 0.25) is 0 Å². The predicted molar refractivity (Wildman–Crippen MR) is 72.6 cm³/mol. The predicted octanol–water partition coefficient (Wildman–Crippen LogP) is 2.49. The molecule has 2 rings (SSSR count). The molecule has 0 aromatic heterocycles. The van der Waals surface area contributed by atoms with Gasteiger partial charge in [0, 0.05) is 6.54 Å². The SMILES string of the molecule is OC(c1ccc(F)cc1)C1CCN(CC(O)C(F)(F)F)CC1. The van der Waals surface area contributed by atoms with Crippen molar-refractivity contribution in [1.82, 2.24) is 4.90 Å². The molecule has 1 aliphatic heterocycles. The summed E-state index contributed by atoms with van der Waals surface area (Å²) in [7, 11) is 0. The van der Waals surface area contributed by atoms with E-state index < -0.39 is 24.9 Å². The van der Waals surface area contributed by atoms with Crippen molar-refractivity contribution in [2.24, 2.45) is 5.92 Å². The van der Waals surface area contributed by atoms with Gasteiger partial charge in [0.25, 0.3) is 0 Å². The molecule has 3 nitrogen and oxygen atoms in total. The Morgan fingerprint density at radius 1 is 1.09 bits per heavy atom. The number of aliphatic hydroxyl groups is 2. The molecular weight excluding hydrogens is 302 g/mol. The Labute approximate surface area is 126 Å². The molecule has 2 atom stereocenters. The summed E-state index contributed by atoms with van der Waals surface area (Å²) in [5.74, 6) is -0.461. The first-order valence-electron chi connectivity index (χ1n) is 7.18. The summed E-state index contributed by atoms with van der Waals surface area (Å²) in [6.07, 6.45) is -6.64. The van der Waals surface area contributed by atoms with Gasteiger partial charge in [-0.1, -0.05) is 12.1 Å². The first-order valence-corrected chi connectivity index (χ1v) is 7.18. The third kappa shape index (κ3) is 4.41. The van der Waals surface area contributed by atoms with Crippen molar-refractivity contribution >= 4 is 0 Å². The minimum absolute atomic E-state index is 0.0789. The van der Waals surface area contributed by atoms with Crippen molar-refractivity contribution < 1.29 is 27.8 Å². The van der Waals surface area contributed by atoms with E-state index in [1.54, 1.807) is 4.90 Å². The molecular formula is C15H19F4NO2. The summed E-state index contributed by atoms with van der Waals surface area (Å²) in [5.41, 5.74) is 0.607. The van der Waals surface area contributed by atoms with Crippen LogP contribution in [-0.4, -0.2) is 47.0 Å². The van der Waals surface area contributed by atoms with E-state index in [4.69, 9.17) is 5.11 Å². The number of hydrogen-bond donors (Lipinski definition) is 2. The maximum Gasteiger partial charge on any atom is 0.415 e. The highest BCUT2D eigenvalue weighted by atomic mass is 19.4. The van der Waals surface area contributed by atoms with Gasteiger partial charge in [-0.25, -0.2) is 4.39 Å². The molecule has 0 aliphatic carbocycles. The number of β-amino-alcohol motifs (C(OH)–C–C–N with tert-alkyl or cyclic N) is 1. The van der Waals surface area contributed by atoms with E-state index in [1.165, 1.54) is 24.3 Å². The molecule has 0 saturated carbocycles. The standard InChI is InChI=1S/C15H19F4NO2/c16-12-3-1-10(2-4-12)14(22)11-5-7-20(8-6-11)9-13(21)15(17,18)19/h1-4,11,13-14,21-22H,5-9H2. The second-order valence-corrected chi connectivity index (χ2v) is 5.69. The maximum absolute atomic E-state index is 12.9. The Balaban J connectivity index is 1.85. The molecule has 1 aromatic rings. The van der Waals surface area contributed by atoms with Crippen LogP contribution < -0.4 is 0 Å². The van der Waals surface area contributed by atoms with E-state index >= 15 is 0 Å². The zero-order valence-corrected chi connectivity index (χ0v) is 11.9. The minimum atomic E-state index is -4.61. The van der Waals surface area contributed by atoms with Crippen molar-refractivity contribution in [1.29, 1.82) is 0 Å². The van der Waals surface area contributed by atoms with Gasteiger partial charge in [-0.15, -0.1) is 0 Å². The number of halogens is 4. The normalized spacial score (nSPS) is 20.8. The molecule has 22 heavy (non-hydrogen) atoms. The fourth-order valence-electron chi connectivity index (χ4n) is 2.73. The van der Waals surface area contributed by atoms with E-state index in [1.807, 2.05) is 0 Å². The van der Waals surface area contributed by atoms with Crippen molar-refractivity contribution in [3.05, 3.63) is 35.6 Å². The molecule has 0 spiro atoms. The molecule has 1 aromatic carbocycles. The highest BCUT2D eigenvalue weighted by molar-refractivity contribution is 5.19. The summed E-state index contributed by atoms with van der Waals surface area (Å²) >= 11 is 0. The van der Waals surface area contributed by atoms with Crippen LogP contribution in [0.5, 0.6) is 0 Å². The summed E-state index contributed by atoms with van der Waals surface area (Å²) in [4.78, 5) is 1.55. The van der Waals surface area contributed by atoms with Crippen LogP contribution in [0.2, 0.25) is 0 Å². The lowest BCUT2D eigenvalue weighted by Crippen LogP contribution is -2.44. The molecule has 1 fully saturated rings. The highest BCUT2D eigenvalue weighted by Crippen LogP contribution is 2.31. The zero-order chi connectivity index (χ0) is 16.3. The summed E-state index contributed by atoms with van der Waals surface area (Å²) in [5, 5.41) is 19.3. The highest BCUT2D eigenvalue weighted by Gasteiger charge is 2.39. The fraction of sp³-hybridized carbons (Fsp3) is 0.600. The van der Waals surface area contributed by atoms with Crippen molar-refractivity contribution in [3.8, 4) is 0 Å². The number of piperidine rings is 1. The second-order valence-electron chi connectivity index (χ2n) is 5.69. The monoisotopic (exact) mass is 321 g/mol. The average Bonchev–Trinajstić information content (AvgIpc) is 2.47. The van der Waals surface area contributed by atoms with Crippen LogP contribution in [-0.2, 0) is 0 Å². The quantitative estimate of drug-likeness (QED) is 0.838.